The summed E-state index contributed by atoms with van der Waals surface area (Å²) in [6.45, 7) is 0. The van der Waals surface area contributed by atoms with E-state index in [1.165, 1.54) is 12.1 Å². The Morgan fingerprint density at radius 2 is 2.00 bits per heavy atom. The minimum absolute atomic E-state index is 0.0507. The first-order valence-corrected chi connectivity index (χ1v) is 9.00. The smallest absolute Gasteiger partial charge is 0.235 e. The molecule has 0 radical (unpaired) electrons. The van der Waals surface area contributed by atoms with Crippen LogP contribution in [0.25, 0.3) is 0 Å². The Morgan fingerprint density at radius 1 is 1.33 bits per heavy atom. The second-order valence-corrected chi connectivity index (χ2v) is 7.75. The lowest BCUT2D eigenvalue weighted by Gasteiger charge is -2.12. The Kier molecular flexibility index (Phi) is 5.22. The molecule has 1 aromatic rings. The highest BCUT2D eigenvalue weighted by atomic mass is 35.5. The van der Waals surface area contributed by atoms with Crippen molar-refractivity contribution in [3.63, 3.8) is 0 Å². The lowest BCUT2D eigenvalue weighted by atomic mass is 10.2. The van der Waals surface area contributed by atoms with Crippen molar-refractivity contribution in [1.29, 1.82) is 0 Å². The van der Waals surface area contributed by atoms with E-state index >= 15 is 0 Å². The summed E-state index contributed by atoms with van der Waals surface area (Å²) in [5.41, 5.74) is -0.0900. The third-order valence-electron chi connectivity index (χ3n) is 3.50. The number of nitrogens with one attached hydrogen (secondary N) is 1. The lowest BCUT2D eigenvalue weighted by molar-refractivity contribution is -0.119. The standard InChI is InChI=1S/C14H17ClFNO3S/c15-12-6-3-7-13(16)11(12)8-21(19,20)9-14(18)17-10-4-1-2-5-10/h3,6-7,10H,1-2,4-5,8-9H2,(H,17,18). The summed E-state index contributed by atoms with van der Waals surface area (Å²) in [4.78, 5) is 11.8. The van der Waals surface area contributed by atoms with Gasteiger partial charge in [-0.2, -0.15) is 0 Å². The van der Waals surface area contributed by atoms with E-state index in [1.807, 2.05) is 0 Å². The first kappa shape index (κ1) is 16.2. The second kappa shape index (κ2) is 6.75. The average molecular weight is 334 g/mol. The van der Waals surface area contributed by atoms with Crippen molar-refractivity contribution in [1.82, 2.24) is 5.32 Å². The number of rotatable bonds is 5. The van der Waals surface area contributed by atoms with Gasteiger partial charge < -0.3 is 5.32 Å². The molecule has 1 aliphatic carbocycles. The first-order chi connectivity index (χ1) is 9.87. The van der Waals surface area contributed by atoms with Gasteiger partial charge in [-0.15, -0.1) is 0 Å². The Bertz CT molecular complexity index is 607. The summed E-state index contributed by atoms with van der Waals surface area (Å²) in [5, 5.41) is 2.76. The Labute approximate surface area is 128 Å². The first-order valence-electron chi connectivity index (χ1n) is 6.80. The van der Waals surface area contributed by atoms with Gasteiger partial charge in [0, 0.05) is 16.6 Å². The largest absolute Gasteiger partial charge is 0.352 e. The van der Waals surface area contributed by atoms with Crippen LogP contribution in [-0.4, -0.2) is 26.1 Å². The molecule has 116 valence electrons. The van der Waals surface area contributed by atoms with Crippen molar-refractivity contribution in [2.75, 3.05) is 5.75 Å². The fourth-order valence-corrected chi connectivity index (χ4v) is 4.11. The topological polar surface area (TPSA) is 63.2 Å². The summed E-state index contributed by atoms with van der Waals surface area (Å²) < 4.78 is 37.6. The van der Waals surface area contributed by atoms with Gasteiger partial charge in [0.1, 0.15) is 11.6 Å². The van der Waals surface area contributed by atoms with E-state index in [9.17, 15) is 17.6 Å². The molecule has 1 saturated carbocycles. The van der Waals surface area contributed by atoms with Crippen LogP contribution in [0.15, 0.2) is 18.2 Å². The number of hydrogen-bond acceptors (Lipinski definition) is 3. The highest BCUT2D eigenvalue weighted by Crippen LogP contribution is 2.22. The zero-order chi connectivity index (χ0) is 15.5. The van der Waals surface area contributed by atoms with Crippen LogP contribution < -0.4 is 5.32 Å². The molecular formula is C14H17ClFNO3S. The lowest BCUT2D eigenvalue weighted by Crippen LogP contribution is -2.37. The van der Waals surface area contributed by atoms with Crippen molar-refractivity contribution in [2.24, 2.45) is 0 Å². The van der Waals surface area contributed by atoms with Gasteiger partial charge in [0.25, 0.3) is 0 Å². The summed E-state index contributed by atoms with van der Waals surface area (Å²) in [7, 11) is -3.76. The van der Waals surface area contributed by atoms with Gasteiger partial charge in [-0.3, -0.25) is 4.79 Å². The number of halogens is 2. The molecule has 4 nitrogen and oxygen atoms in total. The van der Waals surface area contributed by atoms with Crippen molar-refractivity contribution in [3.05, 3.63) is 34.6 Å². The van der Waals surface area contributed by atoms with Gasteiger partial charge in [-0.05, 0) is 25.0 Å². The Hall–Kier alpha value is -1.14. The van der Waals surface area contributed by atoms with Gasteiger partial charge in [0.2, 0.25) is 5.91 Å². The molecule has 1 fully saturated rings. The Balaban J connectivity index is 1.99. The Morgan fingerprint density at radius 3 is 2.62 bits per heavy atom. The van der Waals surface area contributed by atoms with Gasteiger partial charge in [-0.25, -0.2) is 12.8 Å². The predicted molar refractivity (Wildman–Crippen MR) is 79.3 cm³/mol. The molecule has 1 amide bonds. The maximum absolute atomic E-state index is 13.6. The van der Waals surface area contributed by atoms with E-state index < -0.39 is 33.1 Å². The summed E-state index contributed by atoms with van der Waals surface area (Å²) in [6, 6.07) is 4.04. The molecule has 0 saturated heterocycles. The van der Waals surface area contributed by atoms with Crippen LogP contribution >= 0.6 is 11.6 Å². The molecule has 0 aromatic heterocycles. The summed E-state index contributed by atoms with van der Waals surface area (Å²) in [6.07, 6.45) is 3.85. The molecule has 0 unspecified atom stereocenters. The average Bonchev–Trinajstić information content (AvgIpc) is 2.86. The maximum Gasteiger partial charge on any atom is 0.235 e. The number of sulfone groups is 1. The molecule has 1 aliphatic rings. The predicted octanol–water partition coefficient (Wildman–Crippen LogP) is 2.45. The third kappa shape index (κ3) is 4.68. The molecule has 7 heteroatoms. The third-order valence-corrected chi connectivity index (χ3v) is 5.28. The van der Waals surface area contributed by atoms with E-state index in [1.54, 1.807) is 0 Å². The van der Waals surface area contributed by atoms with Crippen LogP contribution in [0.5, 0.6) is 0 Å². The van der Waals surface area contributed by atoms with Crippen LogP contribution in [0.2, 0.25) is 5.02 Å². The fourth-order valence-electron chi connectivity index (χ4n) is 2.48. The maximum atomic E-state index is 13.6. The normalized spacial score (nSPS) is 16.1. The van der Waals surface area contributed by atoms with Crippen LogP contribution in [0.3, 0.4) is 0 Å². The fraction of sp³-hybridized carbons (Fsp3) is 0.500. The molecule has 1 aromatic carbocycles. The number of carbonyl (C=O) groups excluding carboxylic acids is 1. The number of hydrogen-bond donors (Lipinski definition) is 1. The van der Waals surface area contributed by atoms with Crippen LogP contribution in [0.1, 0.15) is 31.2 Å². The summed E-state index contributed by atoms with van der Waals surface area (Å²) >= 11 is 5.80. The molecule has 2 rings (SSSR count). The van der Waals surface area contributed by atoms with E-state index in [0.717, 1.165) is 31.7 Å². The highest BCUT2D eigenvalue weighted by Gasteiger charge is 2.23. The molecule has 0 aliphatic heterocycles. The van der Waals surface area contributed by atoms with E-state index in [-0.39, 0.29) is 16.6 Å². The molecule has 0 spiro atoms. The zero-order valence-corrected chi connectivity index (χ0v) is 13.0. The number of carbonyl (C=O) groups is 1. The summed E-state index contributed by atoms with van der Waals surface area (Å²) in [5.74, 6) is -2.43. The van der Waals surface area contributed by atoms with E-state index in [2.05, 4.69) is 5.32 Å². The zero-order valence-electron chi connectivity index (χ0n) is 11.4. The molecule has 1 N–H and O–H groups in total. The van der Waals surface area contributed by atoms with E-state index in [4.69, 9.17) is 11.6 Å². The molecular weight excluding hydrogens is 317 g/mol. The quantitative estimate of drug-likeness (QED) is 0.900. The van der Waals surface area contributed by atoms with Crippen molar-refractivity contribution in [3.8, 4) is 0 Å². The highest BCUT2D eigenvalue weighted by molar-refractivity contribution is 7.91. The van der Waals surface area contributed by atoms with Crippen LogP contribution in [0.4, 0.5) is 4.39 Å². The molecule has 0 bridgehead atoms. The van der Waals surface area contributed by atoms with Crippen molar-refractivity contribution < 1.29 is 17.6 Å². The van der Waals surface area contributed by atoms with Crippen molar-refractivity contribution in [2.45, 2.75) is 37.5 Å². The second-order valence-electron chi connectivity index (χ2n) is 5.28. The SMILES string of the molecule is O=C(CS(=O)(=O)Cc1c(F)cccc1Cl)NC1CCCC1. The molecule has 0 heterocycles. The molecule has 0 atom stereocenters. The van der Waals surface area contributed by atoms with Gasteiger partial charge >= 0.3 is 0 Å². The number of amides is 1. The monoisotopic (exact) mass is 333 g/mol. The minimum Gasteiger partial charge on any atom is -0.352 e. The van der Waals surface area contributed by atoms with Crippen LogP contribution in [-0.2, 0) is 20.4 Å². The van der Waals surface area contributed by atoms with Crippen molar-refractivity contribution >= 4 is 27.3 Å². The van der Waals surface area contributed by atoms with Crippen LogP contribution in [0, 0.1) is 5.82 Å². The minimum atomic E-state index is -3.76. The van der Waals surface area contributed by atoms with E-state index in [0.29, 0.717) is 0 Å². The number of benzene rings is 1. The van der Waals surface area contributed by atoms with Gasteiger partial charge in [0.05, 0.1) is 5.75 Å². The van der Waals surface area contributed by atoms with Gasteiger partial charge in [-0.1, -0.05) is 30.5 Å². The molecule has 21 heavy (non-hydrogen) atoms. The van der Waals surface area contributed by atoms with Gasteiger partial charge in [0.15, 0.2) is 9.84 Å².